The molecule has 2 rings (SSSR count). The maximum absolute atomic E-state index is 12.1. The molecule has 1 aliphatic heterocycles. The fourth-order valence-electron chi connectivity index (χ4n) is 2.31. The van der Waals surface area contributed by atoms with Crippen LogP contribution in [0.25, 0.3) is 0 Å². The lowest BCUT2D eigenvalue weighted by atomic mass is 9.92. The maximum atomic E-state index is 12.1. The average molecular weight is 221 g/mol. The highest BCUT2D eigenvalue weighted by atomic mass is 16.3. The van der Waals surface area contributed by atoms with Crippen LogP contribution in [-0.4, -0.2) is 18.4 Å². The maximum Gasteiger partial charge on any atom is 0.202 e. The average Bonchev–Trinajstić information content (AvgIpc) is 2.70. The molecule has 0 aliphatic carbocycles. The quantitative estimate of drug-likeness (QED) is 0.798. The summed E-state index contributed by atoms with van der Waals surface area (Å²) in [6.07, 6.45) is 6.35. The van der Waals surface area contributed by atoms with Crippen molar-refractivity contribution >= 4 is 5.78 Å². The van der Waals surface area contributed by atoms with E-state index in [1.165, 1.54) is 19.3 Å². The number of ketones is 1. The Morgan fingerprint density at radius 1 is 1.50 bits per heavy atom. The molecule has 2 atom stereocenters. The molecule has 3 nitrogen and oxygen atoms in total. The van der Waals surface area contributed by atoms with E-state index in [2.05, 4.69) is 5.32 Å². The van der Waals surface area contributed by atoms with E-state index in [4.69, 9.17) is 4.42 Å². The summed E-state index contributed by atoms with van der Waals surface area (Å²) in [4.78, 5) is 12.1. The van der Waals surface area contributed by atoms with E-state index in [1.807, 2.05) is 6.92 Å². The Kier molecular flexibility index (Phi) is 3.78. The number of rotatable bonds is 3. The second-order valence-electron chi connectivity index (χ2n) is 4.54. The lowest BCUT2D eigenvalue weighted by Gasteiger charge is -2.21. The van der Waals surface area contributed by atoms with Gasteiger partial charge in [-0.1, -0.05) is 19.8 Å². The molecule has 0 bridgehead atoms. The SMILES string of the molecule is CC(C(=O)c1ccco1)C1CCCCCN1. The zero-order chi connectivity index (χ0) is 11.4. The second-order valence-corrected chi connectivity index (χ2v) is 4.54. The molecule has 1 N–H and O–H groups in total. The molecule has 88 valence electrons. The summed E-state index contributed by atoms with van der Waals surface area (Å²) >= 11 is 0. The van der Waals surface area contributed by atoms with Gasteiger partial charge in [-0.2, -0.15) is 0 Å². The van der Waals surface area contributed by atoms with Crippen LogP contribution in [0.4, 0.5) is 0 Å². The fourth-order valence-corrected chi connectivity index (χ4v) is 2.31. The van der Waals surface area contributed by atoms with Crippen LogP contribution in [0, 0.1) is 5.92 Å². The van der Waals surface area contributed by atoms with Gasteiger partial charge in [0.05, 0.1) is 6.26 Å². The second kappa shape index (κ2) is 5.30. The van der Waals surface area contributed by atoms with E-state index in [1.54, 1.807) is 18.4 Å². The third-order valence-corrected chi connectivity index (χ3v) is 3.38. The Balaban J connectivity index is 2.00. The number of carbonyl (C=O) groups excluding carboxylic acids is 1. The molecule has 1 aromatic rings. The first kappa shape index (κ1) is 11.4. The molecule has 1 aromatic heterocycles. The number of Topliss-reactive ketones (excluding diaryl/α,β-unsaturated/α-hetero) is 1. The minimum atomic E-state index is 0.00394. The van der Waals surface area contributed by atoms with Crippen molar-refractivity contribution in [2.45, 2.75) is 38.6 Å². The monoisotopic (exact) mass is 221 g/mol. The molecule has 1 aliphatic rings. The van der Waals surface area contributed by atoms with Crippen LogP contribution >= 0.6 is 0 Å². The molecule has 2 heterocycles. The minimum Gasteiger partial charge on any atom is -0.461 e. The first-order valence-corrected chi connectivity index (χ1v) is 6.10. The Morgan fingerprint density at radius 2 is 2.38 bits per heavy atom. The molecule has 1 saturated heterocycles. The highest BCUT2D eigenvalue weighted by Gasteiger charge is 2.26. The Labute approximate surface area is 96.2 Å². The van der Waals surface area contributed by atoms with Crippen LogP contribution in [0.2, 0.25) is 0 Å². The van der Waals surface area contributed by atoms with E-state index >= 15 is 0 Å². The van der Waals surface area contributed by atoms with Gasteiger partial charge in [-0.05, 0) is 31.5 Å². The smallest absolute Gasteiger partial charge is 0.202 e. The van der Waals surface area contributed by atoms with Gasteiger partial charge >= 0.3 is 0 Å². The van der Waals surface area contributed by atoms with Crippen LogP contribution in [0.1, 0.15) is 43.2 Å². The van der Waals surface area contributed by atoms with Crippen molar-refractivity contribution < 1.29 is 9.21 Å². The van der Waals surface area contributed by atoms with Crippen molar-refractivity contribution in [1.29, 1.82) is 0 Å². The molecule has 3 heteroatoms. The summed E-state index contributed by atoms with van der Waals surface area (Å²) in [5.74, 6) is 0.604. The van der Waals surface area contributed by atoms with Crippen molar-refractivity contribution in [2.24, 2.45) is 5.92 Å². The summed E-state index contributed by atoms with van der Waals surface area (Å²) in [6, 6.07) is 3.82. The molecule has 0 radical (unpaired) electrons. The van der Waals surface area contributed by atoms with Crippen LogP contribution in [-0.2, 0) is 0 Å². The van der Waals surface area contributed by atoms with Crippen molar-refractivity contribution in [3.05, 3.63) is 24.2 Å². The number of hydrogen-bond donors (Lipinski definition) is 1. The van der Waals surface area contributed by atoms with Gasteiger partial charge in [0, 0.05) is 12.0 Å². The normalized spacial score (nSPS) is 23.7. The van der Waals surface area contributed by atoms with E-state index in [0.717, 1.165) is 13.0 Å². The fraction of sp³-hybridized carbons (Fsp3) is 0.615. The van der Waals surface area contributed by atoms with Gasteiger partial charge in [0.2, 0.25) is 5.78 Å². The summed E-state index contributed by atoms with van der Waals surface area (Å²) in [5.41, 5.74) is 0. The summed E-state index contributed by atoms with van der Waals surface area (Å²) in [5, 5.41) is 3.46. The molecular formula is C13H19NO2. The molecule has 0 saturated carbocycles. The van der Waals surface area contributed by atoms with Crippen LogP contribution in [0.3, 0.4) is 0 Å². The van der Waals surface area contributed by atoms with Gasteiger partial charge in [-0.15, -0.1) is 0 Å². The molecule has 16 heavy (non-hydrogen) atoms. The topological polar surface area (TPSA) is 42.2 Å². The summed E-state index contributed by atoms with van der Waals surface area (Å²) in [7, 11) is 0. The molecule has 0 aromatic carbocycles. The van der Waals surface area contributed by atoms with E-state index < -0.39 is 0 Å². The van der Waals surface area contributed by atoms with Crippen molar-refractivity contribution in [3.63, 3.8) is 0 Å². The molecule has 0 spiro atoms. The Bertz CT molecular complexity index is 324. The predicted octanol–water partition coefficient (Wildman–Crippen LogP) is 2.63. The van der Waals surface area contributed by atoms with Gasteiger partial charge < -0.3 is 9.73 Å². The van der Waals surface area contributed by atoms with E-state index in [9.17, 15) is 4.79 Å². The van der Waals surface area contributed by atoms with Crippen molar-refractivity contribution in [3.8, 4) is 0 Å². The lowest BCUT2D eigenvalue weighted by Crippen LogP contribution is -2.38. The van der Waals surface area contributed by atoms with Gasteiger partial charge in [0.15, 0.2) is 5.76 Å². The van der Waals surface area contributed by atoms with Crippen LogP contribution in [0.15, 0.2) is 22.8 Å². The van der Waals surface area contributed by atoms with Crippen LogP contribution < -0.4 is 5.32 Å². The molecule has 2 unspecified atom stereocenters. The zero-order valence-electron chi connectivity index (χ0n) is 9.74. The van der Waals surface area contributed by atoms with Crippen LogP contribution in [0.5, 0.6) is 0 Å². The Morgan fingerprint density at radius 3 is 3.12 bits per heavy atom. The Hall–Kier alpha value is -1.09. The molecule has 0 amide bonds. The first-order valence-electron chi connectivity index (χ1n) is 6.10. The minimum absolute atomic E-state index is 0.00394. The van der Waals surface area contributed by atoms with Gasteiger partial charge in [-0.25, -0.2) is 0 Å². The molecular weight excluding hydrogens is 202 g/mol. The van der Waals surface area contributed by atoms with E-state index in [-0.39, 0.29) is 11.7 Å². The standard InChI is InChI=1S/C13H19NO2/c1-10(11-6-3-2-4-8-14-11)13(15)12-7-5-9-16-12/h5,7,9-11,14H,2-4,6,8H2,1H3. The highest BCUT2D eigenvalue weighted by Crippen LogP contribution is 2.19. The first-order chi connectivity index (χ1) is 7.79. The summed E-state index contributed by atoms with van der Waals surface area (Å²) in [6.45, 7) is 3.02. The highest BCUT2D eigenvalue weighted by molar-refractivity contribution is 5.95. The summed E-state index contributed by atoms with van der Waals surface area (Å²) < 4.78 is 5.16. The van der Waals surface area contributed by atoms with Crippen molar-refractivity contribution in [1.82, 2.24) is 5.32 Å². The predicted molar refractivity (Wildman–Crippen MR) is 62.5 cm³/mol. The van der Waals surface area contributed by atoms with Crippen molar-refractivity contribution in [2.75, 3.05) is 6.54 Å². The van der Waals surface area contributed by atoms with E-state index in [0.29, 0.717) is 11.8 Å². The number of furan rings is 1. The molecule has 1 fully saturated rings. The van der Waals surface area contributed by atoms with Gasteiger partial charge in [-0.3, -0.25) is 4.79 Å². The largest absolute Gasteiger partial charge is 0.461 e. The third-order valence-electron chi connectivity index (χ3n) is 3.38. The zero-order valence-corrected chi connectivity index (χ0v) is 9.74. The van der Waals surface area contributed by atoms with Gasteiger partial charge in [0.25, 0.3) is 0 Å². The third kappa shape index (κ3) is 2.53. The number of carbonyl (C=O) groups is 1. The number of hydrogen-bond acceptors (Lipinski definition) is 3. The number of nitrogens with one attached hydrogen (secondary N) is 1. The van der Waals surface area contributed by atoms with Gasteiger partial charge in [0.1, 0.15) is 0 Å². The lowest BCUT2D eigenvalue weighted by molar-refractivity contribution is 0.0872.